The standard InChI is InChI=1S/C18H16F2O/c19-14-8-4-12(5-9-14)16-2-1-3-17(18(16)21)13-6-10-15(20)11-7-13/h4-11,16-17H,1-3H2. The van der Waals surface area contributed by atoms with Crippen LogP contribution in [0.15, 0.2) is 48.5 Å². The Balaban J connectivity index is 1.86. The molecule has 2 unspecified atom stereocenters. The van der Waals surface area contributed by atoms with E-state index in [9.17, 15) is 13.6 Å². The Morgan fingerprint density at radius 1 is 0.714 bits per heavy atom. The normalized spacial score (nSPS) is 22.3. The molecular weight excluding hydrogens is 270 g/mol. The fraction of sp³-hybridized carbons (Fsp3) is 0.278. The minimum atomic E-state index is -0.294. The highest BCUT2D eigenvalue weighted by molar-refractivity contribution is 5.92. The Morgan fingerprint density at radius 3 is 1.48 bits per heavy atom. The van der Waals surface area contributed by atoms with Gasteiger partial charge in [0.15, 0.2) is 0 Å². The zero-order valence-corrected chi connectivity index (χ0v) is 11.6. The van der Waals surface area contributed by atoms with Gasteiger partial charge in [0.1, 0.15) is 17.4 Å². The Morgan fingerprint density at radius 2 is 1.10 bits per heavy atom. The van der Waals surface area contributed by atoms with E-state index in [0.29, 0.717) is 0 Å². The van der Waals surface area contributed by atoms with Crippen molar-refractivity contribution in [2.75, 3.05) is 0 Å². The zero-order chi connectivity index (χ0) is 14.8. The van der Waals surface area contributed by atoms with Crippen molar-refractivity contribution in [3.8, 4) is 0 Å². The van der Waals surface area contributed by atoms with Crippen molar-refractivity contribution >= 4 is 5.78 Å². The third-order valence-corrected chi connectivity index (χ3v) is 4.22. The lowest BCUT2D eigenvalue weighted by atomic mass is 9.74. The lowest BCUT2D eigenvalue weighted by molar-refractivity contribution is -0.123. The molecule has 2 aromatic rings. The van der Waals surface area contributed by atoms with E-state index in [0.717, 1.165) is 30.4 Å². The molecule has 3 heteroatoms. The molecule has 1 fully saturated rings. The maximum Gasteiger partial charge on any atom is 0.147 e. The third kappa shape index (κ3) is 2.87. The van der Waals surface area contributed by atoms with Gasteiger partial charge >= 0.3 is 0 Å². The molecule has 0 radical (unpaired) electrons. The molecule has 1 aliphatic rings. The first-order valence-corrected chi connectivity index (χ1v) is 7.20. The number of carbonyl (C=O) groups is 1. The SMILES string of the molecule is O=C1C(c2ccc(F)cc2)CCCC1c1ccc(F)cc1. The molecule has 0 N–H and O–H groups in total. The molecule has 0 spiro atoms. The van der Waals surface area contributed by atoms with Crippen LogP contribution < -0.4 is 0 Å². The van der Waals surface area contributed by atoms with E-state index in [1.807, 2.05) is 0 Å². The highest BCUT2D eigenvalue weighted by atomic mass is 19.1. The molecule has 0 amide bonds. The van der Waals surface area contributed by atoms with Crippen LogP contribution in [0.25, 0.3) is 0 Å². The van der Waals surface area contributed by atoms with E-state index < -0.39 is 0 Å². The number of rotatable bonds is 2. The van der Waals surface area contributed by atoms with Crippen molar-refractivity contribution < 1.29 is 13.6 Å². The molecule has 0 aromatic heterocycles. The maximum absolute atomic E-state index is 13.0. The first-order chi connectivity index (χ1) is 10.1. The summed E-state index contributed by atoms with van der Waals surface area (Å²) in [5.41, 5.74) is 1.74. The summed E-state index contributed by atoms with van der Waals surface area (Å²) < 4.78 is 26.0. The number of carbonyl (C=O) groups excluding carboxylic acids is 1. The molecule has 2 aromatic carbocycles. The van der Waals surface area contributed by atoms with Gasteiger partial charge in [0, 0.05) is 11.8 Å². The van der Waals surface area contributed by atoms with E-state index in [-0.39, 0.29) is 29.3 Å². The molecule has 0 heterocycles. The van der Waals surface area contributed by atoms with Crippen LogP contribution in [0, 0.1) is 11.6 Å². The van der Waals surface area contributed by atoms with Crippen LogP contribution in [0.3, 0.4) is 0 Å². The topological polar surface area (TPSA) is 17.1 Å². The summed E-state index contributed by atoms with van der Waals surface area (Å²) >= 11 is 0. The highest BCUT2D eigenvalue weighted by Gasteiger charge is 2.33. The molecule has 21 heavy (non-hydrogen) atoms. The fourth-order valence-corrected chi connectivity index (χ4v) is 3.11. The number of hydrogen-bond donors (Lipinski definition) is 0. The number of benzene rings is 2. The maximum atomic E-state index is 13.0. The van der Waals surface area contributed by atoms with Gasteiger partial charge in [-0.2, -0.15) is 0 Å². The molecule has 1 aliphatic carbocycles. The monoisotopic (exact) mass is 286 g/mol. The van der Waals surface area contributed by atoms with Gasteiger partial charge < -0.3 is 0 Å². The van der Waals surface area contributed by atoms with Gasteiger partial charge in [0.05, 0.1) is 0 Å². The number of ketones is 1. The van der Waals surface area contributed by atoms with Crippen LogP contribution in [0.1, 0.15) is 42.2 Å². The van der Waals surface area contributed by atoms with Gasteiger partial charge in [-0.05, 0) is 48.2 Å². The number of Topliss-reactive ketones (excluding diaryl/α,β-unsaturated/α-hetero) is 1. The van der Waals surface area contributed by atoms with Crippen molar-refractivity contribution in [3.63, 3.8) is 0 Å². The van der Waals surface area contributed by atoms with Gasteiger partial charge in [-0.3, -0.25) is 4.79 Å². The summed E-state index contributed by atoms with van der Waals surface area (Å²) in [4.78, 5) is 12.7. The molecule has 0 saturated heterocycles. The average Bonchev–Trinajstić information content (AvgIpc) is 2.50. The first kappa shape index (κ1) is 13.9. The summed E-state index contributed by atoms with van der Waals surface area (Å²) in [5.74, 6) is -0.808. The quantitative estimate of drug-likeness (QED) is 0.789. The minimum absolute atomic E-state index is 0.152. The molecule has 0 aliphatic heterocycles. The summed E-state index contributed by atoms with van der Waals surface area (Å²) in [6, 6.07) is 12.3. The summed E-state index contributed by atoms with van der Waals surface area (Å²) in [6.45, 7) is 0. The molecule has 0 bridgehead atoms. The predicted octanol–water partition coefficient (Wildman–Crippen LogP) is 4.59. The lowest BCUT2D eigenvalue weighted by Gasteiger charge is -2.28. The van der Waals surface area contributed by atoms with Gasteiger partial charge in [-0.1, -0.05) is 30.7 Å². The summed E-state index contributed by atoms with van der Waals surface area (Å²) in [6.07, 6.45) is 2.53. The summed E-state index contributed by atoms with van der Waals surface area (Å²) in [5, 5.41) is 0. The van der Waals surface area contributed by atoms with Gasteiger partial charge in [0.25, 0.3) is 0 Å². The lowest BCUT2D eigenvalue weighted by Crippen LogP contribution is -2.25. The van der Waals surface area contributed by atoms with E-state index in [1.165, 1.54) is 24.3 Å². The Bertz CT molecular complexity index is 576. The van der Waals surface area contributed by atoms with E-state index in [1.54, 1.807) is 24.3 Å². The number of hydrogen-bond acceptors (Lipinski definition) is 1. The van der Waals surface area contributed by atoms with Gasteiger partial charge in [0.2, 0.25) is 0 Å². The van der Waals surface area contributed by atoms with Crippen LogP contribution in [-0.4, -0.2) is 5.78 Å². The van der Waals surface area contributed by atoms with Crippen molar-refractivity contribution in [2.45, 2.75) is 31.1 Å². The second-order valence-corrected chi connectivity index (χ2v) is 5.54. The molecule has 1 nitrogen and oxygen atoms in total. The van der Waals surface area contributed by atoms with Crippen LogP contribution in [0.4, 0.5) is 8.78 Å². The molecule has 2 atom stereocenters. The van der Waals surface area contributed by atoms with Gasteiger partial charge in [-0.25, -0.2) is 8.78 Å². The second-order valence-electron chi connectivity index (χ2n) is 5.54. The van der Waals surface area contributed by atoms with Crippen LogP contribution >= 0.6 is 0 Å². The van der Waals surface area contributed by atoms with Crippen LogP contribution in [0.2, 0.25) is 0 Å². The molecule has 108 valence electrons. The molecular formula is C18H16F2O. The predicted molar refractivity (Wildman–Crippen MR) is 77.1 cm³/mol. The van der Waals surface area contributed by atoms with Gasteiger partial charge in [-0.15, -0.1) is 0 Å². The highest BCUT2D eigenvalue weighted by Crippen LogP contribution is 2.38. The van der Waals surface area contributed by atoms with Crippen LogP contribution in [0.5, 0.6) is 0 Å². The Labute approximate surface area is 122 Å². The molecule has 3 rings (SSSR count). The van der Waals surface area contributed by atoms with Crippen molar-refractivity contribution in [1.82, 2.24) is 0 Å². The number of halogens is 2. The van der Waals surface area contributed by atoms with E-state index in [4.69, 9.17) is 0 Å². The Kier molecular flexibility index (Phi) is 3.82. The average molecular weight is 286 g/mol. The van der Waals surface area contributed by atoms with E-state index in [2.05, 4.69) is 0 Å². The van der Waals surface area contributed by atoms with Crippen molar-refractivity contribution in [2.24, 2.45) is 0 Å². The zero-order valence-electron chi connectivity index (χ0n) is 11.6. The fourth-order valence-electron chi connectivity index (χ4n) is 3.11. The van der Waals surface area contributed by atoms with Crippen molar-refractivity contribution in [1.29, 1.82) is 0 Å². The first-order valence-electron chi connectivity index (χ1n) is 7.20. The summed E-state index contributed by atoms with van der Waals surface area (Å²) in [7, 11) is 0. The van der Waals surface area contributed by atoms with Crippen LogP contribution in [-0.2, 0) is 4.79 Å². The molecule has 1 saturated carbocycles. The third-order valence-electron chi connectivity index (χ3n) is 4.22. The van der Waals surface area contributed by atoms with Crippen molar-refractivity contribution in [3.05, 3.63) is 71.3 Å². The second kappa shape index (κ2) is 5.76. The Hall–Kier alpha value is -2.03. The smallest absolute Gasteiger partial charge is 0.147 e. The minimum Gasteiger partial charge on any atom is -0.298 e. The largest absolute Gasteiger partial charge is 0.298 e. The van der Waals surface area contributed by atoms with E-state index >= 15 is 0 Å².